The molecule has 0 bridgehead atoms. The maximum Gasteiger partial charge on any atom is 0.410 e. The van der Waals surface area contributed by atoms with E-state index in [0.717, 1.165) is 5.56 Å². The third-order valence-electron chi connectivity index (χ3n) is 3.46. The summed E-state index contributed by atoms with van der Waals surface area (Å²) in [7, 11) is 0. The Balaban J connectivity index is 1.74. The van der Waals surface area contributed by atoms with E-state index in [0.29, 0.717) is 18.6 Å². The smallest absolute Gasteiger partial charge is 0.410 e. The van der Waals surface area contributed by atoms with Gasteiger partial charge in [-0.05, 0) is 32.4 Å². The number of nitrogens with one attached hydrogen (secondary N) is 1. The molecular formula is C14H18N4O3. The Labute approximate surface area is 121 Å². The number of H-pyrrole nitrogens is 1. The van der Waals surface area contributed by atoms with Gasteiger partial charge in [-0.25, -0.2) is 9.31 Å². The molecule has 3 rings (SSSR count). The van der Waals surface area contributed by atoms with Gasteiger partial charge in [0.1, 0.15) is 17.4 Å². The van der Waals surface area contributed by atoms with Crippen LogP contribution in [-0.2, 0) is 4.74 Å². The molecule has 7 nitrogen and oxygen atoms in total. The molecule has 21 heavy (non-hydrogen) atoms. The molecule has 0 unspecified atom stereocenters. The van der Waals surface area contributed by atoms with Gasteiger partial charge >= 0.3 is 6.09 Å². The quantitative estimate of drug-likeness (QED) is 0.860. The Hall–Kier alpha value is -2.31. The minimum absolute atomic E-state index is 0.146. The number of hydrogen-bond donors (Lipinski definition) is 1. The molecule has 0 spiro atoms. The fourth-order valence-corrected chi connectivity index (χ4v) is 2.47. The molecule has 1 fully saturated rings. The number of fused-ring (bicyclic) bond motifs is 1. The standard InChI is InChI=1S/C14H18N4O3/c1-14(2,3)21-13(20)17-6-9(7-17)10-4-5-18-11(10)12(19)15-8-16-18/h4-5,8-9H,6-7H2,1-3H3,(H,15,16,19). The molecule has 0 saturated carbocycles. The van der Waals surface area contributed by atoms with Gasteiger partial charge < -0.3 is 14.6 Å². The number of carbonyl (C=O) groups is 1. The normalized spacial score (nSPS) is 16.0. The van der Waals surface area contributed by atoms with E-state index in [1.807, 2.05) is 26.8 Å². The van der Waals surface area contributed by atoms with Crippen LogP contribution in [0.5, 0.6) is 0 Å². The van der Waals surface area contributed by atoms with Gasteiger partial charge in [0.05, 0.1) is 0 Å². The van der Waals surface area contributed by atoms with E-state index >= 15 is 0 Å². The predicted octanol–water partition coefficient (Wildman–Crippen LogP) is 1.36. The predicted molar refractivity (Wildman–Crippen MR) is 76.4 cm³/mol. The van der Waals surface area contributed by atoms with Crippen molar-refractivity contribution in [3.05, 3.63) is 34.5 Å². The molecule has 7 heteroatoms. The second-order valence-electron chi connectivity index (χ2n) is 6.26. The number of aromatic amines is 1. The van der Waals surface area contributed by atoms with E-state index in [4.69, 9.17) is 4.74 Å². The van der Waals surface area contributed by atoms with Crippen molar-refractivity contribution in [3.63, 3.8) is 0 Å². The molecule has 1 aliphatic heterocycles. The van der Waals surface area contributed by atoms with Crippen LogP contribution in [0.1, 0.15) is 32.3 Å². The van der Waals surface area contributed by atoms with Crippen LogP contribution in [0.2, 0.25) is 0 Å². The zero-order valence-electron chi connectivity index (χ0n) is 12.3. The van der Waals surface area contributed by atoms with Crippen molar-refractivity contribution in [2.24, 2.45) is 0 Å². The molecule has 112 valence electrons. The lowest BCUT2D eigenvalue weighted by molar-refractivity contribution is 0.00830. The van der Waals surface area contributed by atoms with Crippen molar-refractivity contribution in [2.45, 2.75) is 32.3 Å². The topological polar surface area (TPSA) is 79.7 Å². The SMILES string of the molecule is CC(C)(C)OC(=O)N1CC(c2ccn3nc[nH]c(=O)c23)C1. The summed E-state index contributed by atoms with van der Waals surface area (Å²) in [5.74, 6) is 0.146. The van der Waals surface area contributed by atoms with Crippen LogP contribution in [0.4, 0.5) is 4.79 Å². The highest BCUT2D eigenvalue weighted by atomic mass is 16.6. The van der Waals surface area contributed by atoms with Crippen LogP contribution in [0, 0.1) is 0 Å². The highest BCUT2D eigenvalue weighted by molar-refractivity contribution is 5.70. The van der Waals surface area contributed by atoms with E-state index in [1.54, 1.807) is 15.6 Å². The van der Waals surface area contributed by atoms with Gasteiger partial charge in [-0.15, -0.1) is 0 Å². The monoisotopic (exact) mass is 290 g/mol. The largest absolute Gasteiger partial charge is 0.444 e. The number of likely N-dealkylation sites (tertiary alicyclic amines) is 1. The van der Waals surface area contributed by atoms with Crippen LogP contribution >= 0.6 is 0 Å². The third-order valence-corrected chi connectivity index (χ3v) is 3.46. The molecule has 0 aliphatic carbocycles. The number of nitrogens with zero attached hydrogens (tertiary/aromatic N) is 3. The van der Waals surface area contributed by atoms with Crippen LogP contribution in [0.3, 0.4) is 0 Å². The van der Waals surface area contributed by atoms with Gasteiger partial charge in [-0.2, -0.15) is 5.10 Å². The van der Waals surface area contributed by atoms with Gasteiger partial charge in [0, 0.05) is 25.2 Å². The molecule has 0 atom stereocenters. The fourth-order valence-electron chi connectivity index (χ4n) is 2.47. The van der Waals surface area contributed by atoms with Crippen LogP contribution in [-0.4, -0.2) is 44.3 Å². The Bertz CT molecular complexity index is 734. The molecular weight excluding hydrogens is 272 g/mol. The van der Waals surface area contributed by atoms with Gasteiger partial charge in [0.15, 0.2) is 0 Å². The van der Waals surface area contributed by atoms with Crippen molar-refractivity contribution in [2.75, 3.05) is 13.1 Å². The molecule has 1 saturated heterocycles. The summed E-state index contributed by atoms with van der Waals surface area (Å²) in [6.07, 6.45) is 2.82. The number of amides is 1. The number of aromatic nitrogens is 3. The molecule has 1 N–H and O–H groups in total. The second kappa shape index (κ2) is 4.61. The summed E-state index contributed by atoms with van der Waals surface area (Å²) in [5, 5.41) is 4.06. The summed E-state index contributed by atoms with van der Waals surface area (Å²) in [6, 6.07) is 1.88. The van der Waals surface area contributed by atoms with Gasteiger partial charge in [0.25, 0.3) is 5.56 Å². The lowest BCUT2D eigenvalue weighted by Gasteiger charge is -2.39. The average Bonchev–Trinajstić information content (AvgIpc) is 2.70. The number of rotatable bonds is 1. The first-order valence-corrected chi connectivity index (χ1v) is 6.88. The lowest BCUT2D eigenvalue weighted by atomic mass is 9.93. The summed E-state index contributed by atoms with van der Waals surface area (Å²) < 4.78 is 6.88. The number of hydrogen-bond acceptors (Lipinski definition) is 4. The molecule has 0 aromatic carbocycles. The Morgan fingerprint density at radius 3 is 2.81 bits per heavy atom. The molecule has 1 aliphatic rings. The van der Waals surface area contributed by atoms with Gasteiger partial charge in [0.2, 0.25) is 0 Å². The minimum Gasteiger partial charge on any atom is -0.444 e. The molecule has 2 aromatic rings. The molecule has 3 heterocycles. The zero-order chi connectivity index (χ0) is 15.2. The number of carbonyl (C=O) groups excluding carboxylic acids is 1. The van der Waals surface area contributed by atoms with Crippen molar-refractivity contribution >= 4 is 11.6 Å². The summed E-state index contributed by atoms with van der Waals surface area (Å²) in [6.45, 7) is 6.64. The zero-order valence-corrected chi connectivity index (χ0v) is 12.3. The third kappa shape index (κ3) is 2.51. The first-order valence-electron chi connectivity index (χ1n) is 6.88. The highest BCUT2D eigenvalue weighted by Gasteiger charge is 2.36. The summed E-state index contributed by atoms with van der Waals surface area (Å²) in [5.41, 5.74) is 0.808. The maximum absolute atomic E-state index is 11.9. The first kappa shape index (κ1) is 13.7. The molecule has 0 radical (unpaired) electrons. The Kier molecular flexibility index (Phi) is 3.00. The van der Waals surface area contributed by atoms with Crippen LogP contribution in [0.15, 0.2) is 23.4 Å². The van der Waals surface area contributed by atoms with Crippen molar-refractivity contribution in [3.8, 4) is 0 Å². The second-order valence-corrected chi connectivity index (χ2v) is 6.26. The molecule has 2 aromatic heterocycles. The van der Waals surface area contributed by atoms with Crippen molar-refractivity contribution < 1.29 is 9.53 Å². The van der Waals surface area contributed by atoms with Gasteiger partial charge in [-0.1, -0.05) is 0 Å². The number of ether oxygens (including phenoxy) is 1. The Morgan fingerprint density at radius 2 is 2.14 bits per heavy atom. The first-order chi connectivity index (χ1) is 9.85. The highest BCUT2D eigenvalue weighted by Crippen LogP contribution is 2.30. The summed E-state index contributed by atoms with van der Waals surface area (Å²) >= 11 is 0. The lowest BCUT2D eigenvalue weighted by Crippen LogP contribution is -2.50. The van der Waals surface area contributed by atoms with E-state index in [2.05, 4.69) is 10.1 Å². The minimum atomic E-state index is -0.494. The van der Waals surface area contributed by atoms with Crippen molar-refractivity contribution in [1.82, 2.24) is 19.5 Å². The van der Waals surface area contributed by atoms with E-state index in [1.165, 1.54) is 6.33 Å². The van der Waals surface area contributed by atoms with E-state index < -0.39 is 5.60 Å². The molecule has 1 amide bonds. The van der Waals surface area contributed by atoms with Crippen molar-refractivity contribution in [1.29, 1.82) is 0 Å². The summed E-state index contributed by atoms with van der Waals surface area (Å²) in [4.78, 5) is 28.0. The van der Waals surface area contributed by atoms with E-state index in [-0.39, 0.29) is 17.6 Å². The average molecular weight is 290 g/mol. The Morgan fingerprint density at radius 1 is 1.43 bits per heavy atom. The maximum atomic E-state index is 11.9. The van der Waals surface area contributed by atoms with E-state index in [9.17, 15) is 9.59 Å². The van der Waals surface area contributed by atoms with Gasteiger partial charge in [-0.3, -0.25) is 4.79 Å². The fraction of sp³-hybridized carbons (Fsp3) is 0.500. The van der Waals surface area contributed by atoms with Crippen LogP contribution < -0.4 is 5.56 Å². The van der Waals surface area contributed by atoms with Crippen LogP contribution in [0.25, 0.3) is 5.52 Å².